The predicted octanol–water partition coefficient (Wildman–Crippen LogP) is 4.76. The summed E-state index contributed by atoms with van der Waals surface area (Å²) in [7, 11) is 4.95. The molecule has 0 amide bonds. The zero-order chi connectivity index (χ0) is 19.2. The third-order valence-electron chi connectivity index (χ3n) is 4.92. The second-order valence-electron chi connectivity index (χ2n) is 6.51. The maximum Gasteiger partial charge on any atom is 0.164 e. The maximum atomic E-state index is 5.52. The van der Waals surface area contributed by atoms with Crippen LogP contribution in [0.25, 0.3) is 10.8 Å². The molecule has 0 saturated heterocycles. The van der Waals surface area contributed by atoms with Gasteiger partial charge < -0.3 is 19.5 Å². The van der Waals surface area contributed by atoms with Crippen molar-refractivity contribution in [1.29, 1.82) is 0 Å². The second kappa shape index (κ2) is 8.78. The fourth-order valence-corrected chi connectivity index (χ4v) is 3.45. The molecule has 4 nitrogen and oxygen atoms in total. The highest BCUT2D eigenvalue weighted by molar-refractivity contribution is 5.86. The summed E-state index contributed by atoms with van der Waals surface area (Å²) in [6, 6.07) is 19.1. The van der Waals surface area contributed by atoms with Gasteiger partial charge in [-0.25, -0.2) is 0 Å². The summed E-state index contributed by atoms with van der Waals surface area (Å²) in [5, 5.41) is 6.19. The van der Waals surface area contributed by atoms with E-state index in [0.29, 0.717) is 5.75 Å². The van der Waals surface area contributed by atoms with Crippen molar-refractivity contribution in [2.75, 3.05) is 27.9 Å². The standard InChI is InChI=1S/C23H27NO3/c1-16(19-11-7-9-17-8-5-6-10-20(17)19)24-13-12-18-14-22(26-3)23(27-4)15-21(18)25-2/h5-11,14-16,24H,12-13H2,1-4H3. The van der Waals surface area contributed by atoms with Gasteiger partial charge in [-0.15, -0.1) is 0 Å². The summed E-state index contributed by atoms with van der Waals surface area (Å²) in [4.78, 5) is 0. The van der Waals surface area contributed by atoms with Gasteiger partial charge in [-0.3, -0.25) is 0 Å². The molecule has 142 valence electrons. The molecule has 0 fully saturated rings. The monoisotopic (exact) mass is 365 g/mol. The largest absolute Gasteiger partial charge is 0.496 e. The van der Waals surface area contributed by atoms with Gasteiger partial charge in [-0.1, -0.05) is 42.5 Å². The van der Waals surface area contributed by atoms with Crippen molar-refractivity contribution in [3.63, 3.8) is 0 Å². The van der Waals surface area contributed by atoms with Crippen LogP contribution >= 0.6 is 0 Å². The Hall–Kier alpha value is -2.72. The van der Waals surface area contributed by atoms with E-state index in [0.717, 1.165) is 30.0 Å². The van der Waals surface area contributed by atoms with Crippen molar-refractivity contribution in [2.45, 2.75) is 19.4 Å². The number of fused-ring (bicyclic) bond motifs is 1. The Kier molecular flexibility index (Phi) is 6.20. The van der Waals surface area contributed by atoms with Crippen LogP contribution in [0.4, 0.5) is 0 Å². The summed E-state index contributed by atoms with van der Waals surface area (Å²) in [5.74, 6) is 2.21. The molecule has 0 radical (unpaired) electrons. The van der Waals surface area contributed by atoms with Gasteiger partial charge in [0, 0.05) is 12.1 Å². The molecule has 1 N–H and O–H groups in total. The molecule has 0 aromatic heterocycles. The van der Waals surface area contributed by atoms with Crippen molar-refractivity contribution in [3.05, 3.63) is 65.7 Å². The first-order chi connectivity index (χ1) is 13.2. The van der Waals surface area contributed by atoms with E-state index in [1.165, 1.54) is 16.3 Å². The molecule has 27 heavy (non-hydrogen) atoms. The van der Waals surface area contributed by atoms with E-state index in [9.17, 15) is 0 Å². The van der Waals surface area contributed by atoms with Gasteiger partial charge in [-0.05, 0) is 47.9 Å². The molecular weight excluding hydrogens is 338 g/mol. The third-order valence-corrected chi connectivity index (χ3v) is 4.92. The average molecular weight is 365 g/mol. The number of methoxy groups -OCH3 is 3. The molecule has 0 saturated carbocycles. The van der Waals surface area contributed by atoms with Crippen LogP contribution < -0.4 is 19.5 Å². The minimum absolute atomic E-state index is 0.252. The fourth-order valence-electron chi connectivity index (χ4n) is 3.45. The maximum absolute atomic E-state index is 5.52. The normalized spacial score (nSPS) is 12.0. The van der Waals surface area contributed by atoms with Gasteiger partial charge in [0.05, 0.1) is 21.3 Å². The Morgan fingerprint density at radius 1 is 0.815 bits per heavy atom. The van der Waals surface area contributed by atoms with E-state index in [1.807, 2.05) is 12.1 Å². The number of hydrogen-bond acceptors (Lipinski definition) is 4. The topological polar surface area (TPSA) is 39.7 Å². The van der Waals surface area contributed by atoms with Crippen molar-refractivity contribution < 1.29 is 14.2 Å². The zero-order valence-corrected chi connectivity index (χ0v) is 16.4. The molecule has 1 unspecified atom stereocenters. The molecule has 0 aliphatic heterocycles. The van der Waals surface area contributed by atoms with Gasteiger partial charge in [0.25, 0.3) is 0 Å². The molecule has 3 aromatic carbocycles. The number of hydrogen-bond donors (Lipinski definition) is 1. The van der Waals surface area contributed by atoms with E-state index in [4.69, 9.17) is 14.2 Å². The van der Waals surface area contributed by atoms with Gasteiger partial charge >= 0.3 is 0 Å². The summed E-state index contributed by atoms with van der Waals surface area (Å²) >= 11 is 0. The summed E-state index contributed by atoms with van der Waals surface area (Å²) < 4.78 is 16.3. The lowest BCUT2D eigenvalue weighted by atomic mass is 9.99. The molecule has 1 atom stereocenters. The van der Waals surface area contributed by atoms with Crippen LogP contribution in [0.1, 0.15) is 24.1 Å². The van der Waals surface area contributed by atoms with Crippen LogP contribution in [0.15, 0.2) is 54.6 Å². The number of rotatable bonds is 8. The minimum Gasteiger partial charge on any atom is -0.496 e. The Bertz CT molecular complexity index is 902. The number of nitrogens with one attached hydrogen (secondary N) is 1. The first-order valence-corrected chi connectivity index (χ1v) is 9.17. The van der Waals surface area contributed by atoms with Gasteiger partial charge in [0.1, 0.15) is 5.75 Å². The predicted molar refractivity (Wildman–Crippen MR) is 110 cm³/mol. The summed E-state index contributed by atoms with van der Waals surface area (Å²) in [5.41, 5.74) is 2.40. The van der Waals surface area contributed by atoms with Crippen LogP contribution in [-0.2, 0) is 6.42 Å². The van der Waals surface area contributed by atoms with Crippen LogP contribution in [0.2, 0.25) is 0 Å². The SMILES string of the molecule is COc1cc(OC)c(OC)cc1CCNC(C)c1cccc2ccccc12. The fraction of sp³-hybridized carbons (Fsp3) is 0.304. The van der Waals surface area contributed by atoms with E-state index >= 15 is 0 Å². The number of benzene rings is 3. The Morgan fingerprint density at radius 2 is 1.48 bits per heavy atom. The molecule has 0 aliphatic rings. The van der Waals surface area contributed by atoms with E-state index in [2.05, 4.69) is 54.7 Å². The van der Waals surface area contributed by atoms with Gasteiger partial charge in [-0.2, -0.15) is 0 Å². The Morgan fingerprint density at radius 3 is 2.22 bits per heavy atom. The van der Waals surface area contributed by atoms with Crippen LogP contribution in [0.3, 0.4) is 0 Å². The number of ether oxygens (including phenoxy) is 3. The second-order valence-corrected chi connectivity index (χ2v) is 6.51. The Balaban J connectivity index is 1.72. The lowest BCUT2D eigenvalue weighted by Gasteiger charge is -2.18. The molecular formula is C23H27NO3. The quantitative estimate of drug-likeness (QED) is 0.625. The van der Waals surface area contributed by atoms with E-state index < -0.39 is 0 Å². The van der Waals surface area contributed by atoms with Crippen molar-refractivity contribution in [1.82, 2.24) is 5.32 Å². The molecule has 3 aromatic rings. The first kappa shape index (κ1) is 19.1. The van der Waals surface area contributed by atoms with Crippen LogP contribution in [0, 0.1) is 0 Å². The highest BCUT2D eigenvalue weighted by atomic mass is 16.5. The lowest BCUT2D eigenvalue weighted by Crippen LogP contribution is -2.21. The average Bonchev–Trinajstić information content (AvgIpc) is 2.72. The highest BCUT2D eigenvalue weighted by Crippen LogP contribution is 2.34. The molecule has 0 bridgehead atoms. The van der Waals surface area contributed by atoms with Gasteiger partial charge in [0.15, 0.2) is 11.5 Å². The van der Waals surface area contributed by atoms with Crippen molar-refractivity contribution in [3.8, 4) is 17.2 Å². The summed E-state index contributed by atoms with van der Waals surface area (Å²) in [6.07, 6.45) is 0.832. The molecule has 0 aliphatic carbocycles. The Labute approximate surface area is 161 Å². The van der Waals surface area contributed by atoms with Crippen molar-refractivity contribution in [2.24, 2.45) is 0 Å². The third kappa shape index (κ3) is 4.17. The van der Waals surface area contributed by atoms with Gasteiger partial charge in [0.2, 0.25) is 0 Å². The first-order valence-electron chi connectivity index (χ1n) is 9.17. The van der Waals surface area contributed by atoms with E-state index in [-0.39, 0.29) is 6.04 Å². The van der Waals surface area contributed by atoms with Crippen LogP contribution in [0.5, 0.6) is 17.2 Å². The molecule has 0 spiro atoms. The van der Waals surface area contributed by atoms with Crippen LogP contribution in [-0.4, -0.2) is 27.9 Å². The lowest BCUT2D eigenvalue weighted by molar-refractivity contribution is 0.347. The zero-order valence-electron chi connectivity index (χ0n) is 16.4. The molecule has 4 heteroatoms. The van der Waals surface area contributed by atoms with E-state index in [1.54, 1.807) is 21.3 Å². The summed E-state index contributed by atoms with van der Waals surface area (Å²) in [6.45, 7) is 3.03. The van der Waals surface area contributed by atoms with Crippen molar-refractivity contribution >= 4 is 10.8 Å². The molecule has 3 rings (SSSR count). The smallest absolute Gasteiger partial charge is 0.164 e. The minimum atomic E-state index is 0.252. The highest BCUT2D eigenvalue weighted by Gasteiger charge is 2.13. The molecule has 0 heterocycles.